The van der Waals surface area contributed by atoms with E-state index in [2.05, 4.69) is 22.6 Å². The van der Waals surface area contributed by atoms with Crippen LogP contribution in [0.1, 0.15) is 0 Å². The van der Waals surface area contributed by atoms with Gasteiger partial charge in [0.2, 0.25) is 0 Å². The summed E-state index contributed by atoms with van der Waals surface area (Å²) >= 11 is 0. The van der Waals surface area contributed by atoms with Gasteiger partial charge in [-0.1, -0.05) is 13.2 Å². The first kappa shape index (κ1) is 24.5. The first-order valence-electron chi connectivity index (χ1n) is 5.20. The van der Waals surface area contributed by atoms with E-state index in [4.69, 9.17) is 29.5 Å². The number of aliphatic hydroxyl groups excluding tert-OH is 2. The smallest absolute Gasteiger partial charge is 0.459 e. The predicted molar refractivity (Wildman–Crippen MR) is 70.7 cm³/mol. The molecule has 0 aliphatic carbocycles. The van der Waals surface area contributed by atoms with E-state index < -0.39 is 19.8 Å². The molecule has 11 heteroatoms. The topological polar surface area (TPSA) is 171 Å². The van der Waals surface area contributed by atoms with Crippen LogP contribution in [0.25, 0.3) is 0 Å². The van der Waals surface area contributed by atoms with Crippen LogP contribution in [0.5, 0.6) is 0 Å². The Morgan fingerprint density at radius 1 is 0.905 bits per heavy atom. The van der Waals surface area contributed by atoms with Crippen molar-refractivity contribution in [2.45, 2.75) is 0 Å². The van der Waals surface area contributed by atoms with E-state index in [0.29, 0.717) is 0 Å². The van der Waals surface area contributed by atoms with Gasteiger partial charge in [0, 0.05) is 12.2 Å². The van der Waals surface area contributed by atoms with Crippen LogP contribution in [0.15, 0.2) is 25.3 Å². The fourth-order valence-electron chi connectivity index (χ4n) is 0.402. The van der Waals surface area contributed by atoms with E-state index in [1.807, 2.05) is 0 Å². The second-order valence-electron chi connectivity index (χ2n) is 2.70. The first-order chi connectivity index (χ1) is 9.62. The van der Waals surface area contributed by atoms with Gasteiger partial charge in [0.25, 0.3) is 0 Å². The van der Waals surface area contributed by atoms with Crippen LogP contribution in [-0.2, 0) is 23.6 Å². The highest BCUT2D eigenvalue weighted by molar-refractivity contribution is 7.45. The minimum absolute atomic E-state index is 0.0322. The third-order valence-corrected chi connectivity index (χ3v) is 1.01. The average Bonchev–Trinajstić information content (AvgIpc) is 2.41. The molecule has 0 aliphatic heterocycles. The second kappa shape index (κ2) is 16.5. The van der Waals surface area contributed by atoms with E-state index >= 15 is 0 Å². The maximum atomic E-state index is 10.4. The van der Waals surface area contributed by atoms with Crippen LogP contribution >= 0.6 is 7.82 Å². The molecule has 21 heavy (non-hydrogen) atoms. The molecule has 0 unspecified atom stereocenters. The van der Waals surface area contributed by atoms with Crippen LogP contribution in [0, 0.1) is 0 Å². The lowest BCUT2D eigenvalue weighted by atomic mass is 10.6. The van der Waals surface area contributed by atoms with Crippen LogP contribution in [0.4, 0.5) is 0 Å². The summed E-state index contributed by atoms with van der Waals surface area (Å²) in [6, 6.07) is 0. The zero-order chi connectivity index (χ0) is 17.3. The molecule has 0 fully saturated rings. The van der Waals surface area contributed by atoms with Gasteiger partial charge in [-0.05, 0) is 0 Å². The fraction of sp³-hybridized carbons (Fsp3) is 0.400. The molecule has 0 spiro atoms. The van der Waals surface area contributed by atoms with Crippen molar-refractivity contribution in [2.24, 2.45) is 0 Å². The number of carbonyl (C=O) groups is 2. The normalized spacial score (nSPS) is 9.00. The van der Waals surface area contributed by atoms with Crippen molar-refractivity contribution in [1.82, 2.24) is 0 Å². The molecule has 0 saturated heterocycles. The van der Waals surface area contributed by atoms with Crippen molar-refractivity contribution >= 4 is 19.8 Å². The second-order valence-corrected chi connectivity index (χ2v) is 3.73. The van der Waals surface area contributed by atoms with E-state index in [9.17, 15) is 9.59 Å². The van der Waals surface area contributed by atoms with Gasteiger partial charge in [-0.15, -0.1) is 0 Å². The predicted octanol–water partition coefficient (Wildman–Crippen LogP) is -1.51. The molecule has 0 aromatic carbocycles. The molecule has 0 aromatic rings. The number of hydrogen-bond donors (Lipinski definition) is 5. The third kappa shape index (κ3) is 45.7. The number of hydrogen-bond acceptors (Lipinski definition) is 7. The third-order valence-electron chi connectivity index (χ3n) is 1.01. The Labute approximate surface area is 121 Å². The Morgan fingerprint density at radius 3 is 1.29 bits per heavy atom. The molecule has 124 valence electrons. The van der Waals surface area contributed by atoms with Gasteiger partial charge in [0.05, 0.1) is 13.2 Å². The van der Waals surface area contributed by atoms with Gasteiger partial charge < -0.3 is 34.4 Å². The molecule has 0 radical (unpaired) electrons. The Morgan fingerprint density at radius 2 is 1.14 bits per heavy atom. The van der Waals surface area contributed by atoms with E-state index in [0.717, 1.165) is 12.2 Å². The Hall–Kier alpha value is -1.55. The quantitative estimate of drug-likeness (QED) is 0.167. The molecule has 0 aliphatic rings. The summed E-state index contributed by atoms with van der Waals surface area (Å²) in [7, 11) is -4.64. The Bertz CT molecular complexity index is 315. The van der Waals surface area contributed by atoms with Gasteiger partial charge in [-0.3, -0.25) is 0 Å². The number of phosphoric acid groups is 1. The van der Waals surface area contributed by atoms with Gasteiger partial charge in [-0.25, -0.2) is 14.2 Å². The molecule has 0 saturated carbocycles. The standard InChI is InChI=1S/C8H10O4.C2H6O2.H3O4P/c1-3-7(9)11-5-6-12-8(10)4-2;3-1-2-4;1-5(2,3)4/h3-4H,1-2,5-6H2;3-4H,1-2H2;(H3,1,2,3,4). The van der Waals surface area contributed by atoms with E-state index in [1.165, 1.54) is 0 Å². The number of carbonyl (C=O) groups excluding carboxylic acids is 2. The van der Waals surface area contributed by atoms with Crippen molar-refractivity contribution in [1.29, 1.82) is 0 Å². The van der Waals surface area contributed by atoms with Crippen LogP contribution in [0.2, 0.25) is 0 Å². The van der Waals surface area contributed by atoms with Crippen LogP contribution < -0.4 is 0 Å². The number of aliphatic hydroxyl groups is 2. The van der Waals surface area contributed by atoms with Crippen LogP contribution in [0.3, 0.4) is 0 Å². The summed E-state index contributed by atoms with van der Waals surface area (Å²) < 4.78 is 17.9. The Balaban J connectivity index is -0.000000297. The summed E-state index contributed by atoms with van der Waals surface area (Å²) in [5.41, 5.74) is 0. The minimum Gasteiger partial charge on any atom is -0.459 e. The Kier molecular flexibility index (Phi) is 19.2. The van der Waals surface area contributed by atoms with Gasteiger partial charge in [0.15, 0.2) is 0 Å². The first-order valence-corrected chi connectivity index (χ1v) is 6.77. The molecule has 0 bridgehead atoms. The van der Waals surface area contributed by atoms with Crippen molar-refractivity contribution in [3.8, 4) is 0 Å². The highest BCUT2D eigenvalue weighted by Gasteiger charge is 2.00. The van der Waals surface area contributed by atoms with Crippen molar-refractivity contribution < 1.29 is 48.5 Å². The highest BCUT2D eigenvalue weighted by Crippen LogP contribution is 2.25. The number of rotatable bonds is 6. The van der Waals surface area contributed by atoms with Crippen molar-refractivity contribution in [3.05, 3.63) is 25.3 Å². The molecule has 10 nitrogen and oxygen atoms in total. The van der Waals surface area contributed by atoms with Crippen molar-refractivity contribution in [2.75, 3.05) is 26.4 Å². The van der Waals surface area contributed by atoms with Crippen LogP contribution in [-0.4, -0.2) is 63.3 Å². The van der Waals surface area contributed by atoms with E-state index in [1.54, 1.807) is 0 Å². The molecule has 0 heterocycles. The monoisotopic (exact) mass is 330 g/mol. The van der Waals surface area contributed by atoms with Gasteiger partial charge >= 0.3 is 19.8 Å². The zero-order valence-corrected chi connectivity index (χ0v) is 12.0. The fourth-order valence-corrected chi connectivity index (χ4v) is 0.402. The van der Waals surface area contributed by atoms with Gasteiger partial charge in [-0.2, -0.15) is 0 Å². The highest BCUT2D eigenvalue weighted by atomic mass is 31.2. The largest absolute Gasteiger partial charge is 0.466 e. The minimum atomic E-state index is -4.64. The molecule has 0 amide bonds. The summed E-state index contributed by atoms with van der Waals surface area (Å²) in [5.74, 6) is -1.07. The molecular formula is C10H19O10P. The average molecular weight is 330 g/mol. The van der Waals surface area contributed by atoms with Gasteiger partial charge in [0.1, 0.15) is 13.2 Å². The molecule has 0 aromatic heterocycles. The summed E-state index contributed by atoms with van der Waals surface area (Å²) in [6.07, 6.45) is 2.07. The number of esters is 2. The lowest BCUT2D eigenvalue weighted by Gasteiger charge is -2.01. The molecule has 0 rings (SSSR count). The van der Waals surface area contributed by atoms with E-state index in [-0.39, 0.29) is 26.4 Å². The zero-order valence-electron chi connectivity index (χ0n) is 11.1. The summed E-state index contributed by atoms with van der Waals surface area (Å²) in [6.45, 7) is 6.20. The molecule has 0 atom stereocenters. The maximum Gasteiger partial charge on any atom is 0.466 e. The lowest BCUT2D eigenvalue weighted by Crippen LogP contribution is -2.10. The molecular weight excluding hydrogens is 311 g/mol. The van der Waals surface area contributed by atoms with Crippen molar-refractivity contribution in [3.63, 3.8) is 0 Å². The number of ether oxygens (including phenoxy) is 2. The molecule has 5 N–H and O–H groups in total. The SMILES string of the molecule is C=CC(=O)OCCOC(=O)C=C.O=P(O)(O)O.OCCO. The maximum absolute atomic E-state index is 10.4. The lowest BCUT2D eigenvalue weighted by molar-refractivity contribution is -0.146. The summed E-state index contributed by atoms with van der Waals surface area (Å²) in [4.78, 5) is 42.4. The summed E-state index contributed by atoms with van der Waals surface area (Å²) in [5, 5.41) is 15.2.